The van der Waals surface area contributed by atoms with Gasteiger partial charge in [-0.3, -0.25) is 9.59 Å². The summed E-state index contributed by atoms with van der Waals surface area (Å²) >= 11 is 0. The van der Waals surface area contributed by atoms with Crippen molar-refractivity contribution in [3.8, 4) is 0 Å². The van der Waals surface area contributed by atoms with Gasteiger partial charge in [-0.15, -0.1) is 0 Å². The summed E-state index contributed by atoms with van der Waals surface area (Å²) in [6.45, 7) is 0.737. The molecule has 0 bridgehead atoms. The van der Waals surface area contributed by atoms with Crippen LogP contribution in [-0.2, 0) is 20.7 Å². The molecule has 0 aliphatic carbocycles. The number of piperidine rings is 1. The standard InChI is InChI=1S/C23H33NO4.BH4.Na/c1-28-23(27)14-7-2-3-8-17-24-20(12-9-13-22(24)26)15-16-21(25)18-19-10-5-4-6-11-19;;/h4-6,10-11,15-16,20-21,25H,2-3,7-9,12-14,17-18H2,1H3;1H4;/q;-1;+1/t20-,21?;;/m1../s1. The third kappa shape index (κ3) is 10.8. The van der Waals surface area contributed by atoms with Gasteiger partial charge in [0.1, 0.15) is 0 Å². The summed E-state index contributed by atoms with van der Waals surface area (Å²) in [4.78, 5) is 25.4. The van der Waals surface area contributed by atoms with E-state index in [1.807, 2.05) is 47.4 Å². The van der Waals surface area contributed by atoms with Gasteiger partial charge in [0.2, 0.25) is 5.91 Å². The number of ether oxygens (including phenoxy) is 1. The van der Waals surface area contributed by atoms with Gasteiger partial charge >= 0.3 is 35.5 Å². The minimum atomic E-state index is -0.542. The van der Waals surface area contributed by atoms with Crippen LogP contribution < -0.4 is 29.6 Å². The first-order valence-corrected chi connectivity index (χ1v) is 10.4. The van der Waals surface area contributed by atoms with Crippen molar-refractivity contribution in [2.24, 2.45) is 0 Å². The second kappa shape index (κ2) is 16.6. The maximum Gasteiger partial charge on any atom is 1.00 e. The number of hydrogen-bond acceptors (Lipinski definition) is 4. The Bertz CT molecular complexity index is 641. The maximum absolute atomic E-state index is 12.4. The van der Waals surface area contributed by atoms with E-state index in [0.29, 0.717) is 19.3 Å². The summed E-state index contributed by atoms with van der Waals surface area (Å²) in [5.74, 6) is 0.0403. The van der Waals surface area contributed by atoms with Gasteiger partial charge in [0.05, 0.1) is 19.3 Å². The zero-order chi connectivity index (χ0) is 20.2. The Morgan fingerprint density at radius 3 is 2.63 bits per heavy atom. The van der Waals surface area contributed by atoms with E-state index in [-0.39, 0.29) is 55.9 Å². The molecule has 0 radical (unpaired) electrons. The molecule has 0 spiro atoms. The van der Waals surface area contributed by atoms with Gasteiger partial charge in [-0.2, -0.15) is 0 Å². The quantitative estimate of drug-likeness (QED) is 0.218. The monoisotopic (exact) mass is 425 g/mol. The number of nitrogens with zero attached hydrogens (tertiary/aromatic N) is 1. The van der Waals surface area contributed by atoms with Crippen LogP contribution in [0.5, 0.6) is 0 Å². The van der Waals surface area contributed by atoms with Crippen molar-refractivity contribution >= 4 is 20.3 Å². The number of amides is 1. The third-order valence-electron chi connectivity index (χ3n) is 5.21. The fourth-order valence-electron chi connectivity index (χ4n) is 3.62. The van der Waals surface area contributed by atoms with E-state index in [0.717, 1.165) is 50.6 Å². The van der Waals surface area contributed by atoms with Crippen molar-refractivity contribution in [3.63, 3.8) is 0 Å². The van der Waals surface area contributed by atoms with Gasteiger partial charge < -0.3 is 14.7 Å². The van der Waals surface area contributed by atoms with Gasteiger partial charge in [0.25, 0.3) is 0 Å². The summed E-state index contributed by atoms with van der Waals surface area (Å²) in [6, 6.07) is 9.99. The number of likely N-dealkylation sites (tertiary alicyclic amines) is 1. The normalized spacial score (nSPS) is 17.2. The van der Waals surface area contributed by atoms with Crippen LogP contribution in [0.25, 0.3) is 0 Å². The predicted molar refractivity (Wildman–Crippen MR) is 121 cm³/mol. The smallest absolute Gasteiger partial charge is 0.469 e. The third-order valence-corrected chi connectivity index (χ3v) is 5.21. The van der Waals surface area contributed by atoms with Crippen LogP contribution in [-0.4, -0.2) is 56.1 Å². The molecule has 7 heteroatoms. The molecule has 30 heavy (non-hydrogen) atoms. The maximum atomic E-state index is 12.4. The van der Waals surface area contributed by atoms with Gasteiger partial charge in [0.15, 0.2) is 0 Å². The van der Waals surface area contributed by atoms with Crippen LogP contribution in [0.1, 0.15) is 56.9 Å². The molecule has 1 aromatic rings. The molecule has 1 amide bonds. The number of carbonyl (C=O) groups is 2. The van der Waals surface area contributed by atoms with E-state index in [2.05, 4.69) is 4.74 Å². The first-order chi connectivity index (χ1) is 13.6. The number of unbranched alkanes of at least 4 members (excludes halogenated alkanes) is 3. The molecule has 162 valence electrons. The van der Waals surface area contributed by atoms with Crippen molar-refractivity contribution in [1.82, 2.24) is 4.90 Å². The Morgan fingerprint density at radius 2 is 1.93 bits per heavy atom. The molecular weight excluding hydrogens is 388 g/mol. The minimum Gasteiger partial charge on any atom is -0.469 e. The largest absolute Gasteiger partial charge is 1.00 e. The first-order valence-electron chi connectivity index (χ1n) is 10.4. The average molecular weight is 425 g/mol. The van der Waals surface area contributed by atoms with Crippen molar-refractivity contribution < 1.29 is 49.0 Å². The second-order valence-electron chi connectivity index (χ2n) is 7.43. The Labute approximate surface area is 205 Å². The molecule has 1 heterocycles. The molecule has 1 unspecified atom stereocenters. The minimum absolute atomic E-state index is 0. The number of aliphatic hydroxyl groups excluding tert-OH is 1. The van der Waals surface area contributed by atoms with Gasteiger partial charge in [-0.25, -0.2) is 0 Å². The van der Waals surface area contributed by atoms with Gasteiger partial charge in [-0.1, -0.05) is 63.7 Å². The van der Waals surface area contributed by atoms with E-state index in [1.165, 1.54) is 7.11 Å². The Kier molecular flexibility index (Phi) is 16.0. The number of methoxy groups -OCH3 is 1. The van der Waals surface area contributed by atoms with E-state index in [1.54, 1.807) is 0 Å². The number of hydrogen-bond donors (Lipinski definition) is 1. The second-order valence-corrected chi connectivity index (χ2v) is 7.43. The number of rotatable bonds is 11. The van der Waals surface area contributed by atoms with E-state index in [4.69, 9.17) is 0 Å². The zero-order valence-corrected chi connectivity index (χ0v) is 19.9. The molecule has 2 rings (SSSR count). The van der Waals surface area contributed by atoms with Crippen molar-refractivity contribution in [3.05, 3.63) is 48.0 Å². The van der Waals surface area contributed by atoms with Crippen LogP contribution in [0, 0.1) is 0 Å². The van der Waals surface area contributed by atoms with Gasteiger partial charge in [-0.05, 0) is 31.2 Å². The Hall–Kier alpha value is -1.08. The van der Waals surface area contributed by atoms with Crippen LogP contribution in [0.3, 0.4) is 0 Å². The Morgan fingerprint density at radius 1 is 1.23 bits per heavy atom. The summed E-state index contributed by atoms with van der Waals surface area (Å²) in [7, 11) is 1.41. The number of esters is 1. The van der Waals surface area contributed by atoms with Crippen LogP contribution in [0.4, 0.5) is 0 Å². The van der Waals surface area contributed by atoms with Crippen LogP contribution >= 0.6 is 0 Å². The zero-order valence-electron chi connectivity index (χ0n) is 17.9. The number of carbonyl (C=O) groups excluding carboxylic acids is 2. The topological polar surface area (TPSA) is 66.8 Å². The fraction of sp³-hybridized carbons (Fsp3) is 0.565. The average Bonchev–Trinajstić information content (AvgIpc) is 2.70. The van der Waals surface area contributed by atoms with E-state index in [9.17, 15) is 14.7 Å². The van der Waals surface area contributed by atoms with Crippen LogP contribution in [0.2, 0.25) is 0 Å². The Balaban J connectivity index is 0.00000420. The number of aliphatic hydroxyl groups is 1. The summed E-state index contributed by atoms with van der Waals surface area (Å²) in [5.41, 5.74) is 1.10. The molecule has 2 atom stereocenters. The molecule has 1 aromatic carbocycles. The molecule has 5 nitrogen and oxygen atoms in total. The predicted octanol–water partition coefficient (Wildman–Crippen LogP) is -0.797. The van der Waals surface area contributed by atoms with Crippen molar-refractivity contribution in [2.75, 3.05) is 13.7 Å². The SMILES string of the molecule is COC(=O)CCCCCCN1C(=O)CCC[C@@H]1C=CC(O)Cc1ccccc1.[BH4-].[Na+]. The van der Waals surface area contributed by atoms with E-state index < -0.39 is 6.10 Å². The number of benzene rings is 1. The van der Waals surface area contributed by atoms with Crippen molar-refractivity contribution in [2.45, 2.75) is 69.9 Å². The molecule has 1 saturated heterocycles. The van der Waals surface area contributed by atoms with E-state index >= 15 is 0 Å². The summed E-state index contributed by atoms with van der Waals surface area (Å²) in [6.07, 6.45) is 10.5. The molecule has 0 aromatic heterocycles. The first kappa shape index (κ1) is 28.9. The molecule has 1 fully saturated rings. The summed E-state index contributed by atoms with van der Waals surface area (Å²) < 4.78 is 4.64. The molecule has 1 aliphatic rings. The summed E-state index contributed by atoms with van der Waals surface area (Å²) in [5, 5.41) is 10.3. The van der Waals surface area contributed by atoms with Crippen molar-refractivity contribution in [1.29, 1.82) is 0 Å². The molecule has 0 saturated carbocycles. The molecule has 1 N–H and O–H groups in total. The molecule has 1 aliphatic heterocycles. The fourth-order valence-corrected chi connectivity index (χ4v) is 3.62. The van der Waals surface area contributed by atoms with Crippen LogP contribution in [0.15, 0.2) is 42.5 Å². The van der Waals surface area contributed by atoms with Gasteiger partial charge in [0, 0.05) is 25.8 Å². The molecular formula is C23H37BNNaO4.